The smallest absolute Gasteiger partial charge is 0.206 e. The number of benzene rings is 1. The number of rotatable bonds is 10. The number of likely N-dealkylation sites (N-methyl/N-ethyl adjacent to an activating group) is 2. The van der Waals surface area contributed by atoms with E-state index in [9.17, 15) is 9.90 Å². The van der Waals surface area contributed by atoms with Crippen LogP contribution in [-0.4, -0.2) is 98.3 Å². The van der Waals surface area contributed by atoms with Crippen molar-refractivity contribution < 1.29 is 19.5 Å². The van der Waals surface area contributed by atoms with Crippen LogP contribution in [0.2, 0.25) is 0 Å². The van der Waals surface area contributed by atoms with E-state index in [0.717, 1.165) is 49.9 Å². The van der Waals surface area contributed by atoms with E-state index in [2.05, 4.69) is 64.5 Å². The van der Waals surface area contributed by atoms with Gasteiger partial charge in [0.1, 0.15) is 18.8 Å². The van der Waals surface area contributed by atoms with Crippen molar-refractivity contribution in [3.8, 4) is 11.8 Å². The maximum absolute atomic E-state index is 10.2. The van der Waals surface area contributed by atoms with Crippen LogP contribution < -0.4 is 5.32 Å². The Morgan fingerprint density at radius 1 is 1.09 bits per heavy atom. The second-order valence-electron chi connectivity index (χ2n) is 11.1. The molecule has 0 bridgehead atoms. The molecule has 1 aromatic rings. The lowest BCUT2D eigenvalue weighted by molar-refractivity contribution is -0.109. The van der Waals surface area contributed by atoms with Crippen molar-refractivity contribution in [2.24, 2.45) is 5.92 Å². The van der Waals surface area contributed by atoms with Gasteiger partial charge in [0.05, 0.1) is 23.9 Å². The van der Waals surface area contributed by atoms with E-state index in [1.165, 1.54) is 42.6 Å². The number of hydrogen-bond donors (Lipinski definition) is 2. The molecule has 0 aliphatic carbocycles. The lowest BCUT2D eigenvalue weighted by Crippen LogP contribution is -2.33. The molecule has 2 N–H and O–H groups in total. The molecule has 1 atom stereocenters. The minimum atomic E-state index is 0.334. The summed E-state index contributed by atoms with van der Waals surface area (Å²) in [4.78, 5) is 31.9. The molecule has 250 valence electrons. The van der Waals surface area contributed by atoms with Crippen molar-refractivity contribution in [1.82, 2.24) is 25.1 Å². The van der Waals surface area contributed by atoms with Gasteiger partial charge in [0, 0.05) is 53.1 Å². The van der Waals surface area contributed by atoms with Gasteiger partial charge in [-0.05, 0) is 92.9 Å². The number of aldehydes is 1. The molecule has 1 aromatic carbocycles. The molecule has 1 saturated heterocycles. The van der Waals surface area contributed by atoms with Gasteiger partial charge in [-0.25, -0.2) is 5.01 Å². The van der Waals surface area contributed by atoms with Crippen molar-refractivity contribution in [1.29, 1.82) is 5.26 Å². The van der Waals surface area contributed by atoms with Crippen molar-refractivity contribution in [3.05, 3.63) is 64.6 Å². The molecule has 0 saturated carbocycles. The Morgan fingerprint density at radius 2 is 1.73 bits per heavy atom. The number of nitrogens with one attached hydrogen (secondary N) is 1. The third-order valence-corrected chi connectivity index (χ3v) is 7.37. The zero-order valence-corrected chi connectivity index (χ0v) is 28.6. The van der Waals surface area contributed by atoms with Crippen LogP contribution in [0.1, 0.15) is 64.0 Å². The van der Waals surface area contributed by atoms with Crippen molar-refractivity contribution >= 4 is 19.5 Å². The first-order valence-corrected chi connectivity index (χ1v) is 15.8. The first-order valence-electron chi connectivity index (χ1n) is 15.8. The lowest BCUT2D eigenvalue weighted by Gasteiger charge is -2.30. The molecule has 4 rings (SSSR count). The quantitative estimate of drug-likeness (QED) is 0.353. The molecular formula is C35H56N6O4. The number of phenols is 1. The number of allylic oxidation sites excluding steroid dienone is 1. The number of nitrogens with zero attached hydrogens (tertiary/aromatic N) is 5. The van der Waals surface area contributed by atoms with E-state index in [-0.39, 0.29) is 0 Å². The van der Waals surface area contributed by atoms with Crippen LogP contribution in [0.3, 0.4) is 0 Å². The van der Waals surface area contributed by atoms with Gasteiger partial charge in [0.2, 0.25) is 6.41 Å². The number of carbonyl (C=O) groups is 3. The minimum Gasteiger partial charge on any atom is -0.508 e. The van der Waals surface area contributed by atoms with E-state index >= 15 is 0 Å². The highest BCUT2D eigenvalue weighted by molar-refractivity contribution is 5.49. The van der Waals surface area contributed by atoms with E-state index in [4.69, 9.17) is 14.9 Å². The standard InChI is InChI=1S/C16H23N5.C14H20O2.C2H5NO.C2H6.CH2O/c1-18-9-14(8-17)7-16(13-18)21-12-15(10-19(21)2)11-20-5-3-4-6-20;1-11(4-3-9-15)5-7-13-10-14(16)8-6-12(13)2;1-3-2-4;2*1-2/h7,12-13H,3-6,9-11H2,1-2H3;6,8-11,16H,3-5,7H2,1-2H3;2H,1H3,(H,3,4);1-2H3;1H2. The van der Waals surface area contributed by atoms with E-state index < -0.39 is 0 Å². The highest BCUT2D eigenvalue weighted by atomic mass is 16.3. The average Bonchev–Trinajstić information content (AvgIpc) is 3.71. The molecule has 3 aliphatic heterocycles. The van der Waals surface area contributed by atoms with Crippen LogP contribution >= 0.6 is 0 Å². The van der Waals surface area contributed by atoms with Crippen LogP contribution in [0, 0.1) is 24.2 Å². The fraction of sp³-hybridized carbons (Fsp3) is 0.543. The van der Waals surface area contributed by atoms with Gasteiger partial charge in [-0.15, -0.1) is 0 Å². The third-order valence-electron chi connectivity index (χ3n) is 7.37. The molecule has 0 aromatic heterocycles. The summed E-state index contributed by atoms with van der Waals surface area (Å²) in [5.41, 5.74) is 5.75. The Hall–Kier alpha value is -3.94. The zero-order valence-electron chi connectivity index (χ0n) is 28.6. The van der Waals surface area contributed by atoms with E-state index in [1.54, 1.807) is 13.1 Å². The van der Waals surface area contributed by atoms with E-state index in [1.807, 2.05) is 45.9 Å². The lowest BCUT2D eigenvalue weighted by atomic mass is 9.95. The van der Waals surface area contributed by atoms with Crippen molar-refractivity contribution in [2.45, 2.75) is 66.2 Å². The van der Waals surface area contributed by atoms with Crippen molar-refractivity contribution in [3.63, 3.8) is 0 Å². The monoisotopic (exact) mass is 624 g/mol. The van der Waals surface area contributed by atoms with Crippen LogP contribution in [0.15, 0.2) is 53.5 Å². The number of likely N-dealkylation sites (tertiary alicyclic amines) is 1. The Bertz CT molecular complexity index is 1140. The molecule has 1 unspecified atom stereocenters. The molecule has 10 nitrogen and oxygen atoms in total. The summed E-state index contributed by atoms with van der Waals surface area (Å²) in [6.45, 7) is 15.4. The molecule has 1 amide bonds. The second-order valence-corrected chi connectivity index (χ2v) is 11.1. The topological polar surface area (TPSA) is 120 Å². The first kappa shape index (κ1) is 41.1. The summed E-state index contributed by atoms with van der Waals surface area (Å²) in [5, 5.41) is 25.2. The number of aromatic hydroxyl groups is 1. The number of hydrogen-bond acceptors (Lipinski definition) is 9. The highest BCUT2D eigenvalue weighted by Crippen LogP contribution is 2.25. The number of carbonyl (C=O) groups excluding carboxylic acids is 3. The average molecular weight is 625 g/mol. The van der Waals surface area contributed by atoms with E-state index in [0.29, 0.717) is 31.0 Å². The summed E-state index contributed by atoms with van der Waals surface area (Å²) in [7, 11) is 5.67. The molecule has 10 heteroatoms. The Labute approximate surface area is 271 Å². The first-order chi connectivity index (χ1) is 21.7. The summed E-state index contributed by atoms with van der Waals surface area (Å²) in [6, 6.07) is 7.77. The SMILES string of the molecule is C=O.CC.CN1C=C(N2C=C(CN3CCCC3)CN2C)C=C(C#N)C1.CNC=O.Cc1ccc(O)cc1CCC(C)CCC=O. The molecule has 3 heterocycles. The normalized spacial score (nSPS) is 16.3. The molecule has 0 radical (unpaired) electrons. The summed E-state index contributed by atoms with van der Waals surface area (Å²) < 4.78 is 0. The summed E-state index contributed by atoms with van der Waals surface area (Å²) in [5.74, 6) is 0.896. The molecule has 3 aliphatic rings. The van der Waals surface area contributed by atoms with Crippen LogP contribution in [0.5, 0.6) is 5.75 Å². The largest absolute Gasteiger partial charge is 0.508 e. The zero-order chi connectivity index (χ0) is 34.2. The Morgan fingerprint density at radius 3 is 2.31 bits per heavy atom. The van der Waals surface area contributed by atoms with Gasteiger partial charge in [-0.3, -0.25) is 14.7 Å². The van der Waals surface area contributed by atoms with Gasteiger partial charge in [0.25, 0.3) is 0 Å². The molecular weight excluding hydrogens is 568 g/mol. The van der Waals surface area contributed by atoms with Gasteiger partial charge in [-0.2, -0.15) is 5.26 Å². The molecule has 45 heavy (non-hydrogen) atoms. The number of nitriles is 1. The number of hydrazine groups is 1. The number of phenolic OH excluding ortho intramolecular Hbond substituents is 1. The molecule has 1 fully saturated rings. The molecule has 0 spiro atoms. The van der Waals surface area contributed by atoms with Crippen LogP contribution in [-0.2, 0) is 20.8 Å². The number of amides is 1. The maximum Gasteiger partial charge on any atom is 0.206 e. The van der Waals surface area contributed by atoms with Crippen LogP contribution in [0.25, 0.3) is 0 Å². The maximum atomic E-state index is 10.2. The minimum absolute atomic E-state index is 0.334. The summed E-state index contributed by atoms with van der Waals surface area (Å²) >= 11 is 0. The fourth-order valence-electron chi connectivity index (χ4n) is 5.09. The Kier molecular flexibility index (Phi) is 22.3. The predicted molar refractivity (Wildman–Crippen MR) is 182 cm³/mol. The number of aryl methyl sites for hydroxylation is 2. The highest BCUT2D eigenvalue weighted by Gasteiger charge is 2.25. The third kappa shape index (κ3) is 16.1. The Balaban J connectivity index is 0.000000717. The summed E-state index contributed by atoms with van der Waals surface area (Å²) in [6.07, 6.45) is 14.2. The predicted octanol–water partition coefficient (Wildman–Crippen LogP) is 4.82. The van der Waals surface area contributed by atoms with Crippen molar-refractivity contribution in [2.75, 3.05) is 53.9 Å². The fourth-order valence-corrected chi connectivity index (χ4v) is 5.09. The van der Waals surface area contributed by atoms with Gasteiger partial charge < -0.3 is 24.9 Å². The van der Waals surface area contributed by atoms with Crippen LogP contribution in [0.4, 0.5) is 0 Å². The van der Waals surface area contributed by atoms with Gasteiger partial charge >= 0.3 is 0 Å². The van der Waals surface area contributed by atoms with Gasteiger partial charge in [-0.1, -0.05) is 26.8 Å². The second kappa shape index (κ2) is 24.4. The van der Waals surface area contributed by atoms with Gasteiger partial charge in [0.15, 0.2) is 0 Å².